The number of morpholine rings is 1. The molecule has 0 saturated carbocycles. The van der Waals surface area contributed by atoms with Crippen molar-refractivity contribution in [2.24, 2.45) is 4.99 Å². The molecule has 3 nitrogen and oxygen atoms in total. The normalized spacial score (nSPS) is 15.8. The van der Waals surface area contributed by atoms with Crippen LogP contribution in [0.4, 0.5) is 5.69 Å². The lowest BCUT2D eigenvalue weighted by molar-refractivity contribution is 0.122. The molecule has 2 rings (SSSR count). The fraction of sp³-hybridized carbons (Fsp3) is 0.421. The molecule has 1 saturated heterocycles. The highest BCUT2D eigenvalue weighted by atomic mass is 16.5. The number of hydrogen-bond acceptors (Lipinski definition) is 3. The zero-order valence-corrected chi connectivity index (χ0v) is 14.0. The molecule has 0 unspecified atom stereocenters. The van der Waals surface area contributed by atoms with Gasteiger partial charge in [-0.05, 0) is 44.0 Å². The van der Waals surface area contributed by atoms with Crippen LogP contribution in [0.15, 0.2) is 36.4 Å². The number of benzene rings is 1. The molecule has 1 aromatic carbocycles. The van der Waals surface area contributed by atoms with Gasteiger partial charge in [-0.3, -0.25) is 4.99 Å². The van der Waals surface area contributed by atoms with Gasteiger partial charge in [-0.2, -0.15) is 0 Å². The van der Waals surface area contributed by atoms with Gasteiger partial charge < -0.3 is 9.64 Å². The van der Waals surface area contributed by atoms with Crippen LogP contribution in [0.25, 0.3) is 5.57 Å². The van der Waals surface area contributed by atoms with Crippen molar-refractivity contribution in [2.45, 2.75) is 20.8 Å². The molecular weight excluding hydrogens is 272 g/mol. The van der Waals surface area contributed by atoms with Crippen molar-refractivity contribution in [3.8, 4) is 0 Å². The number of anilines is 1. The van der Waals surface area contributed by atoms with Gasteiger partial charge in [-0.1, -0.05) is 18.2 Å². The largest absolute Gasteiger partial charge is 0.378 e. The van der Waals surface area contributed by atoms with Crippen LogP contribution in [-0.4, -0.2) is 38.6 Å². The number of aryl methyl sites for hydroxylation is 1. The SMILES string of the molecule is C=CCN=C(C)c1cc(N2CCOCC2)c(C)cc1C(=C)C. The van der Waals surface area contributed by atoms with Crippen LogP contribution >= 0.6 is 0 Å². The van der Waals surface area contributed by atoms with Gasteiger partial charge in [0.15, 0.2) is 0 Å². The van der Waals surface area contributed by atoms with Crippen molar-refractivity contribution < 1.29 is 4.74 Å². The molecule has 118 valence electrons. The average Bonchev–Trinajstić information content (AvgIpc) is 2.53. The molecular formula is C19H26N2O. The second-order valence-electron chi connectivity index (χ2n) is 5.78. The average molecular weight is 298 g/mol. The van der Waals surface area contributed by atoms with Crippen LogP contribution in [-0.2, 0) is 4.74 Å². The van der Waals surface area contributed by atoms with E-state index in [0.29, 0.717) is 6.54 Å². The van der Waals surface area contributed by atoms with Crippen molar-refractivity contribution in [2.75, 3.05) is 37.7 Å². The lowest BCUT2D eigenvalue weighted by atomic mass is 9.94. The summed E-state index contributed by atoms with van der Waals surface area (Å²) in [6, 6.07) is 4.49. The van der Waals surface area contributed by atoms with Crippen LogP contribution in [0.1, 0.15) is 30.5 Å². The Balaban J connectivity index is 2.48. The predicted molar refractivity (Wildman–Crippen MR) is 96.2 cm³/mol. The van der Waals surface area contributed by atoms with Crippen molar-refractivity contribution >= 4 is 17.0 Å². The van der Waals surface area contributed by atoms with Gasteiger partial charge in [0.1, 0.15) is 0 Å². The van der Waals surface area contributed by atoms with Crippen LogP contribution in [0.3, 0.4) is 0 Å². The quantitative estimate of drug-likeness (QED) is 0.609. The highest BCUT2D eigenvalue weighted by Gasteiger charge is 2.17. The number of aliphatic imine (C=N–C) groups is 1. The van der Waals surface area contributed by atoms with E-state index in [0.717, 1.165) is 37.6 Å². The van der Waals surface area contributed by atoms with Crippen LogP contribution < -0.4 is 4.90 Å². The maximum atomic E-state index is 5.46. The molecule has 0 spiro atoms. The summed E-state index contributed by atoms with van der Waals surface area (Å²) in [7, 11) is 0. The first-order chi connectivity index (χ1) is 10.5. The van der Waals surface area contributed by atoms with Crippen molar-refractivity contribution in [1.82, 2.24) is 0 Å². The van der Waals surface area contributed by atoms with Gasteiger partial charge in [0.05, 0.1) is 19.8 Å². The highest BCUT2D eigenvalue weighted by molar-refractivity contribution is 6.03. The minimum absolute atomic E-state index is 0.641. The monoisotopic (exact) mass is 298 g/mol. The summed E-state index contributed by atoms with van der Waals surface area (Å²) in [5.74, 6) is 0. The molecule has 22 heavy (non-hydrogen) atoms. The summed E-state index contributed by atoms with van der Waals surface area (Å²) in [6.45, 7) is 18.2. The fourth-order valence-electron chi connectivity index (χ4n) is 2.78. The fourth-order valence-corrected chi connectivity index (χ4v) is 2.78. The third-order valence-electron chi connectivity index (χ3n) is 4.00. The number of allylic oxidation sites excluding steroid dienone is 1. The smallest absolute Gasteiger partial charge is 0.0642 e. The molecule has 1 aliphatic heterocycles. The van der Waals surface area contributed by atoms with Gasteiger partial charge in [-0.15, -0.1) is 6.58 Å². The Morgan fingerprint density at radius 2 is 1.95 bits per heavy atom. The van der Waals surface area contributed by atoms with E-state index in [-0.39, 0.29) is 0 Å². The molecule has 3 heteroatoms. The number of hydrogen-bond donors (Lipinski definition) is 0. The molecule has 0 N–H and O–H groups in total. The Hall–Kier alpha value is -1.87. The standard InChI is InChI=1S/C19H26N2O/c1-6-7-20-16(5)18-13-19(21-8-10-22-11-9-21)15(4)12-17(18)14(2)3/h6,12-13H,1-2,7-11H2,3-5H3. The Kier molecular flexibility index (Phi) is 5.56. The third kappa shape index (κ3) is 3.66. The van der Waals surface area contributed by atoms with E-state index < -0.39 is 0 Å². The summed E-state index contributed by atoms with van der Waals surface area (Å²) in [6.07, 6.45) is 1.82. The lowest BCUT2D eigenvalue weighted by Crippen LogP contribution is -2.36. The minimum atomic E-state index is 0.641. The van der Waals surface area contributed by atoms with E-state index in [4.69, 9.17) is 4.74 Å². The first-order valence-corrected chi connectivity index (χ1v) is 7.80. The van der Waals surface area contributed by atoms with Crippen LogP contribution in [0, 0.1) is 6.92 Å². The van der Waals surface area contributed by atoms with E-state index >= 15 is 0 Å². The van der Waals surface area contributed by atoms with Gasteiger partial charge in [0.2, 0.25) is 0 Å². The van der Waals surface area contributed by atoms with E-state index in [9.17, 15) is 0 Å². The zero-order chi connectivity index (χ0) is 16.1. The van der Waals surface area contributed by atoms with Gasteiger partial charge in [0.25, 0.3) is 0 Å². The number of rotatable bonds is 5. The predicted octanol–water partition coefficient (Wildman–Crippen LogP) is 3.86. The summed E-state index contributed by atoms with van der Waals surface area (Å²) in [4.78, 5) is 6.98. The Labute approximate surface area is 134 Å². The van der Waals surface area contributed by atoms with E-state index in [1.165, 1.54) is 22.4 Å². The molecule has 0 radical (unpaired) electrons. The molecule has 1 aromatic rings. The Morgan fingerprint density at radius 1 is 1.27 bits per heavy atom. The first-order valence-electron chi connectivity index (χ1n) is 7.80. The molecule has 0 aromatic heterocycles. The Morgan fingerprint density at radius 3 is 2.55 bits per heavy atom. The van der Waals surface area contributed by atoms with Crippen molar-refractivity contribution in [1.29, 1.82) is 0 Å². The second-order valence-corrected chi connectivity index (χ2v) is 5.78. The number of ether oxygens (including phenoxy) is 1. The van der Waals surface area contributed by atoms with Crippen molar-refractivity contribution in [3.05, 3.63) is 48.1 Å². The zero-order valence-electron chi connectivity index (χ0n) is 14.0. The summed E-state index contributed by atoms with van der Waals surface area (Å²) in [5.41, 5.74) is 7.00. The summed E-state index contributed by atoms with van der Waals surface area (Å²) < 4.78 is 5.46. The van der Waals surface area contributed by atoms with E-state index in [2.05, 4.69) is 49.0 Å². The van der Waals surface area contributed by atoms with Gasteiger partial charge >= 0.3 is 0 Å². The first kappa shape index (κ1) is 16.5. The molecule has 0 amide bonds. The summed E-state index contributed by atoms with van der Waals surface area (Å²) >= 11 is 0. The van der Waals surface area contributed by atoms with Crippen molar-refractivity contribution in [3.63, 3.8) is 0 Å². The van der Waals surface area contributed by atoms with Crippen LogP contribution in [0.2, 0.25) is 0 Å². The molecule has 0 atom stereocenters. The van der Waals surface area contributed by atoms with Gasteiger partial charge in [-0.25, -0.2) is 0 Å². The lowest BCUT2D eigenvalue weighted by Gasteiger charge is -2.31. The van der Waals surface area contributed by atoms with E-state index in [1.807, 2.05) is 13.0 Å². The molecule has 1 fully saturated rings. The molecule has 0 aliphatic carbocycles. The number of nitrogens with zero attached hydrogens (tertiary/aromatic N) is 2. The maximum absolute atomic E-state index is 5.46. The minimum Gasteiger partial charge on any atom is -0.378 e. The second kappa shape index (κ2) is 7.41. The Bertz CT molecular complexity index is 596. The van der Waals surface area contributed by atoms with Crippen LogP contribution in [0.5, 0.6) is 0 Å². The van der Waals surface area contributed by atoms with Gasteiger partial charge in [0, 0.05) is 30.1 Å². The highest BCUT2D eigenvalue weighted by Crippen LogP contribution is 2.29. The van der Waals surface area contributed by atoms with E-state index in [1.54, 1.807) is 0 Å². The third-order valence-corrected chi connectivity index (χ3v) is 4.00. The molecule has 1 aliphatic rings. The maximum Gasteiger partial charge on any atom is 0.0642 e. The summed E-state index contributed by atoms with van der Waals surface area (Å²) in [5, 5.41) is 0. The molecule has 1 heterocycles. The molecule has 0 bridgehead atoms. The topological polar surface area (TPSA) is 24.8 Å².